The van der Waals surface area contributed by atoms with E-state index in [0.717, 1.165) is 0 Å². The Morgan fingerprint density at radius 3 is 0.719 bits per heavy atom. The fourth-order valence-electron chi connectivity index (χ4n) is 2.53. The van der Waals surface area contributed by atoms with Gasteiger partial charge in [-0.15, -0.1) is 0 Å². The van der Waals surface area contributed by atoms with Crippen LogP contribution in [-0.4, -0.2) is 90.7 Å². The van der Waals surface area contributed by atoms with E-state index >= 15 is 0 Å². The third-order valence-electron chi connectivity index (χ3n) is 3.26. The summed E-state index contributed by atoms with van der Waals surface area (Å²) in [6.07, 6.45) is -17.4. The quantitative estimate of drug-likeness (QED) is 0.113. The molecule has 1 fully saturated rings. The molecule has 192 valence electrons. The molecule has 26 heteroatoms. The van der Waals surface area contributed by atoms with E-state index in [9.17, 15) is 27.9 Å². The molecule has 0 aromatic heterocycles. The molecule has 6 atom stereocenters. The molecule has 0 radical (unpaired) electrons. The first kappa shape index (κ1) is 30.5. The third kappa shape index (κ3) is 10.8. The summed E-state index contributed by atoms with van der Waals surface area (Å²) >= 11 is 0. The Bertz CT molecular complexity index is 824. The lowest BCUT2D eigenvalue weighted by Crippen LogP contribution is -2.66. The minimum absolute atomic E-state index is 2.85. The van der Waals surface area contributed by atoms with E-state index in [1.807, 2.05) is 0 Å². The molecule has 0 amide bonds. The van der Waals surface area contributed by atoms with Gasteiger partial charge < -0.3 is 54.0 Å². The van der Waals surface area contributed by atoms with Crippen molar-refractivity contribution in [2.75, 3.05) is 0 Å². The van der Waals surface area contributed by atoms with Gasteiger partial charge in [0.05, 0.1) is 0 Å². The van der Waals surface area contributed by atoms with E-state index in [-0.39, 0.29) is 0 Å². The Morgan fingerprint density at radius 1 is 0.375 bits per heavy atom. The highest BCUT2D eigenvalue weighted by atomic mass is 31.2. The zero-order valence-electron chi connectivity index (χ0n) is 14.7. The van der Waals surface area contributed by atoms with Gasteiger partial charge in [0.15, 0.2) is 0 Å². The van der Waals surface area contributed by atoms with Gasteiger partial charge in [-0.05, 0) is 0 Å². The Kier molecular flexibility index (Phi) is 9.78. The average molecular weight is 580 g/mol. The molecule has 32 heavy (non-hydrogen) atoms. The predicted molar refractivity (Wildman–Crippen MR) is 90.6 cm³/mol. The summed E-state index contributed by atoms with van der Waals surface area (Å²) in [5.41, 5.74) is 0. The zero-order valence-corrected chi connectivity index (χ0v) is 19.2. The van der Waals surface area contributed by atoms with E-state index in [1.54, 1.807) is 0 Å². The molecule has 0 heterocycles. The van der Waals surface area contributed by atoms with Gasteiger partial charge in [-0.2, -0.15) is 0 Å². The van der Waals surface area contributed by atoms with E-state index in [1.165, 1.54) is 0 Å². The van der Waals surface area contributed by atoms with E-state index in [4.69, 9.17) is 48.9 Å². The first-order valence-corrected chi connectivity index (χ1v) is 14.9. The first-order chi connectivity index (χ1) is 13.9. The summed E-state index contributed by atoms with van der Waals surface area (Å²) in [5, 5.41) is 10.3. The fraction of sp³-hybridized carbons (Fsp3) is 1.00. The molecule has 0 aliphatic heterocycles. The highest BCUT2D eigenvalue weighted by Crippen LogP contribution is 2.54. The molecule has 11 N–H and O–H groups in total. The van der Waals surface area contributed by atoms with Crippen LogP contribution in [0.15, 0.2) is 0 Å². The summed E-state index contributed by atoms with van der Waals surface area (Å²) in [4.78, 5) is 90.1. The van der Waals surface area contributed by atoms with Crippen LogP contribution < -0.4 is 0 Å². The van der Waals surface area contributed by atoms with Gasteiger partial charge in [0.1, 0.15) is 36.6 Å². The number of hydrogen-bond acceptors (Lipinski definition) is 11. The summed E-state index contributed by atoms with van der Waals surface area (Å²) < 4.78 is 76.6. The summed E-state index contributed by atoms with van der Waals surface area (Å²) in [7, 11) is -29.1. The second-order valence-corrected chi connectivity index (χ2v) is 11.8. The van der Waals surface area contributed by atoms with Crippen LogP contribution >= 0.6 is 39.1 Å². The van der Waals surface area contributed by atoms with Crippen LogP contribution in [0.3, 0.4) is 0 Å². The Labute approximate surface area is 176 Å². The zero-order chi connectivity index (χ0) is 25.5. The van der Waals surface area contributed by atoms with Crippen molar-refractivity contribution in [1.82, 2.24) is 0 Å². The largest absolute Gasteiger partial charge is 0.470 e. The molecule has 0 spiro atoms. The number of phosphoric ester groups is 5. The summed E-state index contributed by atoms with van der Waals surface area (Å²) in [5.74, 6) is 0. The van der Waals surface area contributed by atoms with Crippen molar-refractivity contribution in [2.24, 2.45) is 0 Å². The third-order valence-corrected chi connectivity index (χ3v) is 5.85. The molecular formula is C6H17O21P5. The number of aliphatic hydroxyl groups excluding tert-OH is 1. The van der Waals surface area contributed by atoms with Crippen LogP contribution in [0.4, 0.5) is 0 Å². The van der Waals surface area contributed by atoms with Crippen molar-refractivity contribution in [1.29, 1.82) is 0 Å². The van der Waals surface area contributed by atoms with Crippen LogP contribution in [0.5, 0.6) is 0 Å². The molecule has 0 aromatic carbocycles. The second kappa shape index (κ2) is 10.2. The van der Waals surface area contributed by atoms with Gasteiger partial charge in [-0.25, -0.2) is 22.8 Å². The molecule has 0 aromatic rings. The predicted octanol–water partition coefficient (Wildman–Crippen LogP) is -3.25. The highest BCUT2D eigenvalue weighted by molar-refractivity contribution is 7.47. The topological polar surface area (TPSA) is 354 Å². The number of aliphatic hydroxyl groups is 1. The molecular weight excluding hydrogens is 563 g/mol. The second-order valence-electron chi connectivity index (χ2n) is 5.79. The molecule has 1 rings (SSSR count). The lowest BCUT2D eigenvalue weighted by molar-refractivity contribution is -0.205. The number of hydrogen-bond donors (Lipinski definition) is 11. The van der Waals surface area contributed by atoms with E-state index in [2.05, 4.69) is 22.6 Å². The number of phosphoric acid groups is 5. The molecule has 0 saturated heterocycles. The summed E-state index contributed by atoms with van der Waals surface area (Å²) in [6, 6.07) is 0. The van der Waals surface area contributed by atoms with Crippen LogP contribution in [0.25, 0.3) is 0 Å². The summed E-state index contributed by atoms with van der Waals surface area (Å²) in [6.45, 7) is 0. The van der Waals surface area contributed by atoms with Crippen molar-refractivity contribution in [2.45, 2.75) is 36.6 Å². The van der Waals surface area contributed by atoms with Crippen LogP contribution in [0.1, 0.15) is 0 Å². The van der Waals surface area contributed by atoms with Crippen molar-refractivity contribution in [3.8, 4) is 0 Å². The molecule has 0 bridgehead atoms. The maximum Gasteiger partial charge on any atom is 0.470 e. The molecule has 1 aliphatic carbocycles. The average Bonchev–Trinajstić information content (AvgIpc) is 2.45. The standard InChI is InChI=1S/C6H17O21P5/c7-1-2(23-28(8,9)10)4(25-30(14,15)16)6(27-32(20,21)22)5(26-31(17,18)19)3(1)24-29(11,12)13/h1-7H,(H2,8,9,10)(H2,11,12,13)(H2,14,15,16)(H2,17,18,19)(H2,20,21,22)/t1-,2-,3+,4-,5-,6-/m1/s1. The first-order valence-electron chi connectivity index (χ1n) is 7.26. The maximum atomic E-state index is 11.3. The van der Waals surface area contributed by atoms with Gasteiger partial charge in [0.25, 0.3) is 0 Å². The van der Waals surface area contributed by atoms with Gasteiger partial charge >= 0.3 is 39.1 Å². The van der Waals surface area contributed by atoms with Crippen LogP contribution in [0.2, 0.25) is 0 Å². The normalized spacial score (nSPS) is 31.0. The smallest absolute Gasteiger partial charge is 0.387 e. The van der Waals surface area contributed by atoms with Crippen LogP contribution in [0, 0.1) is 0 Å². The Morgan fingerprint density at radius 2 is 0.531 bits per heavy atom. The van der Waals surface area contributed by atoms with Crippen molar-refractivity contribution >= 4 is 39.1 Å². The van der Waals surface area contributed by atoms with Crippen LogP contribution in [-0.2, 0) is 45.4 Å². The lowest BCUT2D eigenvalue weighted by Gasteiger charge is -2.47. The molecule has 0 unspecified atom stereocenters. The van der Waals surface area contributed by atoms with Crippen molar-refractivity contribution in [3.63, 3.8) is 0 Å². The van der Waals surface area contributed by atoms with E-state index < -0.39 is 75.7 Å². The minimum atomic E-state index is -5.86. The van der Waals surface area contributed by atoms with Gasteiger partial charge in [0, 0.05) is 0 Å². The van der Waals surface area contributed by atoms with Crippen molar-refractivity contribution in [3.05, 3.63) is 0 Å². The molecule has 21 nitrogen and oxygen atoms in total. The molecule has 1 saturated carbocycles. The SMILES string of the molecule is O=P(O)(O)O[C@@H]1[C@H](OP(=O)(O)O)[C@H](OP(=O)(O)O)[C@@H](O)[C@H](OP(=O)(O)O)[C@H]1OP(=O)(O)O. The Hall–Kier alpha value is 0.510. The van der Waals surface area contributed by atoms with Gasteiger partial charge in [-0.3, -0.25) is 22.6 Å². The van der Waals surface area contributed by atoms with Gasteiger partial charge in [-0.1, -0.05) is 0 Å². The lowest BCUT2D eigenvalue weighted by atomic mass is 9.85. The minimum Gasteiger partial charge on any atom is -0.387 e. The maximum absolute atomic E-state index is 11.3. The molecule has 1 aliphatic rings. The Balaban J connectivity index is 3.77. The van der Waals surface area contributed by atoms with Gasteiger partial charge in [0.2, 0.25) is 0 Å². The fourth-order valence-corrected chi connectivity index (χ4v) is 5.33. The van der Waals surface area contributed by atoms with Crippen molar-refractivity contribution < 1.29 is 99.5 Å². The number of rotatable bonds is 10. The van der Waals surface area contributed by atoms with E-state index in [0.29, 0.717) is 0 Å². The monoisotopic (exact) mass is 580 g/mol. The highest BCUT2D eigenvalue weighted by Gasteiger charge is 2.60.